The molecule has 0 aliphatic carbocycles. The summed E-state index contributed by atoms with van der Waals surface area (Å²) in [7, 11) is 1.08. The first-order chi connectivity index (χ1) is 12.8. The Bertz CT molecular complexity index is 838. The van der Waals surface area contributed by atoms with E-state index in [1.165, 1.54) is 6.07 Å². The Balaban J connectivity index is 1.73. The van der Waals surface area contributed by atoms with Crippen LogP contribution in [0.1, 0.15) is 21.6 Å². The largest absolute Gasteiger partial charge is 0.471 e. The second-order valence-electron chi connectivity index (χ2n) is 5.83. The number of nitrogens with zero attached hydrogens (tertiary/aromatic N) is 3. The Morgan fingerprint density at radius 3 is 2.70 bits per heavy atom. The average molecular weight is 385 g/mol. The van der Waals surface area contributed by atoms with Crippen molar-refractivity contribution in [1.82, 2.24) is 9.97 Å². The lowest BCUT2D eigenvalue weighted by atomic mass is 10.1. The van der Waals surface area contributed by atoms with Crippen LogP contribution in [-0.4, -0.2) is 42.2 Å². The second-order valence-corrected chi connectivity index (χ2v) is 5.83. The summed E-state index contributed by atoms with van der Waals surface area (Å²) in [5, 5.41) is 0. The van der Waals surface area contributed by atoms with E-state index in [9.17, 15) is 22.4 Å². The SMILES string of the molecule is COC(=O)c1cc(C(F)(F)F)cnc1N1CC(Oc2cccc(CF)n2)C1. The highest BCUT2D eigenvalue weighted by Gasteiger charge is 2.36. The molecule has 0 bridgehead atoms. The normalized spacial score (nSPS) is 14.6. The van der Waals surface area contributed by atoms with Crippen LogP contribution in [-0.2, 0) is 17.6 Å². The van der Waals surface area contributed by atoms with E-state index in [-0.39, 0.29) is 42.1 Å². The predicted octanol–water partition coefficient (Wildman–Crippen LogP) is 3.02. The van der Waals surface area contributed by atoms with Gasteiger partial charge in [0.1, 0.15) is 24.2 Å². The third-order valence-electron chi connectivity index (χ3n) is 3.95. The Labute approximate surface area is 151 Å². The van der Waals surface area contributed by atoms with Crippen LogP contribution < -0.4 is 9.64 Å². The number of carbonyl (C=O) groups is 1. The molecule has 144 valence electrons. The summed E-state index contributed by atoms with van der Waals surface area (Å²) in [5.41, 5.74) is -1.07. The highest BCUT2D eigenvalue weighted by atomic mass is 19.4. The van der Waals surface area contributed by atoms with E-state index in [2.05, 4.69) is 14.7 Å². The minimum Gasteiger partial charge on any atom is -0.471 e. The van der Waals surface area contributed by atoms with Crippen molar-refractivity contribution in [2.24, 2.45) is 0 Å². The fourth-order valence-corrected chi connectivity index (χ4v) is 2.58. The molecular formula is C17H15F4N3O3. The molecule has 0 aromatic carbocycles. The van der Waals surface area contributed by atoms with Crippen LogP contribution in [0.2, 0.25) is 0 Å². The highest BCUT2D eigenvalue weighted by Crippen LogP contribution is 2.33. The molecule has 1 aliphatic heterocycles. The molecule has 3 rings (SSSR count). The van der Waals surface area contributed by atoms with Gasteiger partial charge in [-0.05, 0) is 12.1 Å². The number of aromatic nitrogens is 2. The molecule has 0 spiro atoms. The van der Waals surface area contributed by atoms with Gasteiger partial charge in [0.15, 0.2) is 0 Å². The molecule has 0 radical (unpaired) electrons. The van der Waals surface area contributed by atoms with Crippen LogP contribution in [0.25, 0.3) is 0 Å². The summed E-state index contributed by atoms with van der Waals surface area (Å²) in [6.07, 6.45) is -4.27. The summed E-state index contributed by atoms with van der Waals surface area (Å²) in [6.45, 7) is -0.153. The van der Waals surface area contributed by atoms with E-state index in [0.29, 0.717) is 12.3 Å². The van der Waals surface area contributed by atoms with Gasteiger partial charge in [-0.25, -0.2) is 19.2 Å². The monoisotopic (exact) mass is 385 g/mol. The Kier molecular flexibility index (Phi) is 5.15. The van der Waals surface area contributed by atoms with E-state index in [0.717, 1.165) is 7.11 Å². The lowest BCUT2D eigenvalue weighted by Crippen LogP contribution is -2.54. The predicted molar refractivity (Wildman–Crippen MR) is 86.3 cm³/mol. The number of hydrogen-bond acceptors (Lipinski definition) is 6. The molecule has 1 aliphatic rings. The molecule has 10 heteroatoms. The number of halogens is 4. The van der Waals surface area contributed by atoms with Crippen LogP contribution in [0.3, 0.4) is 0 Å². The number of ether oxygens (including phenoxy) is 2. The molecule has 27 heavy (non-hydrogen) atoms. The minimum absolute atomic E-state index is 0.0835. The van der Waals surface area contributed by atoms with Gasteiger partial charge in [-0.2, -0.15) is 13.2 Å². The second kappa shape index (κ2) is 7.37. The molecule has 0 atom stereocenters. The first-order valence-electron chi connectivity index (χ1n) is 7.91. The van der Waals surface area contributed by atoms with Crippen LogP contribution in [0.15, 0.2) is 30.5 Å². The van der Waals surface area contributed by atoms with Gasteiger partial charge in [0.25, 0.3) is 0 Å². The number of rotatable bonds is 5. The number of anilines is 1. The number of methoxy groups -OCH3 is 1. The minimum atomic E-state index is -4.62. The van der Waals surface area contributed by atoms with E-state index in [4.69, 9.17) is 4.74 Å². The molecular weight excluding hydrogens is 370 g/mol. The molecule has 2 aromatic rings. The van der Waals surface area contributed by atoms with Crippen LogP contribution in [0.5, 0.6) is 5.88 Å². The molecule has 0 amide bonds. The molecule has 0 unspecified atom stereocenters. The van der Waals surface area contributed by atoms with Gasteiger partial charge in [-0.1, -0.05) is 6.07 Å². The summed E-state index contributed by atoms with van der Waals surface area (Å²) in [4.78, 5) is 21.2. The average Bonchev–Trinajstić information content (AvgIpc) is 2.62. The van der Waals surface area contributed by atoms with Crippen molar-refractivity contribution in [1.29, 1.82) is 0 Å². The third kappa shape index (κ3) is 4.09. The van der Waals surface area contributed by atoms with Gasteiger partial charge in [0.2, 0.25) is 5.88 Å². The maximum atomic E-state index is 12.9. The molecule has 1 saturated heterocycles. The number of carbonyl (C=O) groups excluding carboxylic acids is 1. The van der Waals surface area contributed by atoms with E-state index in [1.807, 2.05) is 0 Å². The van der Waals surface area contributed by atoms with Gasteiger partial charge in [0, 0.05) is 12.3 Å². The topological polar surface area (TPSA) is 64.5 Å². The molecule has 2 aromatic heterocycles. The zero-order valence-electron chi connectivity index (χ0n) is 14.2. The number of pyridine rings is 2. The van der Waals surface area contributed by atoms with Crippen LogP contribution in [0.4, 0.5) is 23.4 Å². The van der Waals surface area contributed by atoms with Crippen molar-refractivity contribution in [2.75, 3.05) is 25.1 Å². The first-order valence-corrected chi connectivity index (χ1v) is 7.91. The fraction of sp³-hybridized carbons (Fsp3) is 0.353. The van der Waals surface area contributed by atoms with Crippen LogP contribution in [0, 0.1) is 0 Å². The standard InChI is InChI=1S/C17H15F4N3O3/c1-26-16(25)13-5-10(17(19,20)21)7-22-15(13)24-8-12(9-24)27-14-4-2-3-11(6-18)23-14/h2-5,7,12H,6,8-9H2,1H3. The summed E-state index contributed by atoms with van der Waals surface area (Å²) in [5.74, 6) is -0.575. The summed E-state index contributed by atoms with van der Waals surface area (Å²) in [6, 6.07) is 5.43. The van der Waals surface area contributed by atoms with Gasteiger partial charge in [0.05, 0.1) is 31.5 Å². The summed E-state index contributed by atoms with van der Waals surface area (Å²) < 4.78 is 61.4. The van der Waals surface area contributed by atoms with E-state index >= 15 is 0 Å². The Hall–Kier alpha value is -2.91. The lowest BCUT2D eigenvalue weighted by Gasteiger charge is -2.40. The number of hydrogen-bond donors (Lipinski definition) is 0. The number of esters is 1. The van der Waals surface area contributed by atoms with Crippen molar-refractivity contribution in [3.8, 4) is 5.88 Å². The molecule has 1 fully saturated rings. The highest BCUT2D eigenvalue weighted by molar-refractivity contribution is 5.95. The smallest absolute Gasteiger partial charge is 0.417 e. The maximum absolute atomic E-state index is 12.9. The van der Waals surface area contributed by atoms with E-state index < -0.39 is 24.4 Å². The quantitative estimate of drug-likeness (QED) is 0.582. The van der Waals surface area contributed by atoms with Crippen LogP contribution >= 0.6 is 0 Å². The molecule has 0 N–H and O–H groups in total. The molecule has 3 heterocycles. The zero-order valence-corrected chi connectivity index (χ0v) is 14.2. The Morgan fingerprint density at radius 1 is 1.33 bits per heavy atom. The Morgan fingerprint density at radius 2 is 2.07 bits per heavy atom. The van der Waals surface area contributed by atoms with Gasteiger partial charge in [-0.15, -0.1) is 0 Å². The first kappa shape index (κ1) is 18.9. The van der Waals surface area contributed by atoms with Crippen molar-refractivity contribution in [3.05, 3.63) is 47.3 Å². The van der Waals surface area contributed by atoms with E-state index in [1.54, 1.807) is 17.0 Å². The van der Waals surface area contributed by atoms with Gasteiger partial charge in [-0.3, -0.25) is 0 Å². The van der Waals surface area contributed by atoms with Crippen molar-refractivity contribution in [2.45, 2.75) is 19.0 Å². The maximum Gasteiger partial charge on any atom is 0.417 e. The fourth-order valence-electron chi connectivity index (χ4n) is 2.58. The third-order valence-corrected chi connectivity index (χ3v) is 3.95. The van der Waals surface area contributed by atoms with Crippen molar-refractivity contribution >= 4 is 11.8 Å². The van der Waals surface area contributed by atoms with Gasteiger partial charge < -0.3 is 14.4 Å². The molecule has 6 nitrogen and oxygen atoms in total. The van der Waals surface area contributed by atoms with Crippen molar-refractivity contribution in [3.63, 3.8) is 0 Å². The van der Waals surface area contributed by atoms with Crippen molar-refractivity contribution < 1.29 is 31.8 Å². The zero-order chi connectivity index (χ0) is 19.6. The lowest BCUT2D eigenvalue weighted by molar-refractivity contribution is -0.137. The molecule has 0 saturated carbocycles. The summed E-state index contributed by atoms with van der Waals surface area (Å²) >= 11 is 0. The number of alkyl halides is 4. The van der Waals surface area contributed by atoms with Gasteiger partial charge >= 0.3 is 12.1 Å².